The zero-order valence-corrected chi connectivity index (χ0v) is 13.8. The summed E-state index contributed by atoms with van der Waals surface area (Å²) in [4.78, 5) is 12.4. The lowest BCUT2D eigenvalue weighted by atomic mass is 10.0. The molecule has 0 spiro atoms. The van der Waals surface area contributed by atoms with Crippen molar-refractivity contribution in [2.24, 2.45) is 0 Å². The van der Waals surface area contributed by atoms with Crippen LogP contribution in [0.5, 0.6) is 5.75 Å². The van der Waals surface area contributed by atoms with Crippen LogP contribution >= 0.6 is 11.6 Å². The second-order valence-electron chi connectivity index (χ2n) is 5.28. The van der Waals surface area contributed by atoms with Crippen LogP contribution in [-0.2, 0) is 9.84 Å². The molecule has 1 atom stereocenters. The molecule has 1 aromatic carbocycles. The second kappa shape index (κ2) is 5.85. The van der Waals surface area contributed by atoms with E-state index in [1.54, 1.807) is 13.0 Å². The molecule has 1 fully saturated rings. The smallest absolute Gasteiger partial charge is 0.255 e. The number of hydrogen-bond acceptors (Lipinski definition) is 4. The Morgan fingerprint density at radius 3 is 2.62 bits per heavy atom. The number of benzene rings is 1. The standard InChI is InChI=1S/C14H18ClNO4S/c1-8-6-11(20-3)12(9(2)13(8)15)14(17)16-10-4-5-21(18,19)7-10/h6,10H,4-5,7H2,1-3H3,(H,16,17). The lowest BCUT2D eigenvalue weighted by molar-refractivity contribution is 0.0937. The molecule has 0 aliphatic carbocycles. The lowest BCUT2D eigenvalue weighted by Crippen LogP contribution is -2.36. The van der Waals surface area contributed by atoms with Crippen molar-refractivity contribution in [1.82, 2.24) is 5.32 Å². The number of halogens is 1. The maximum Gasteiger partial charge on any atom is 0.255 e. The first-order chi connectivity index (χ1) is 9.75. The highest BCUT2D eigenvalue weighted by atomic mass is 35.5. The van der Waals surface area contributed by atoms with Gasteiger partial charge in [-0.3, -0.25) is 4.79 Å². The third-order valence-electron chi connectivity index (χ3n) is 3.66. The van der Waals surface area contributed by atoms with Crippen LogP contribution in [0.25, 0.3) is 0 Å². The molecule has 1 unspecified atom stereocenters. The van der Waals surface area contributed by atoms with Crippen LogP contribution in [0.3, 0.4) is 0 Å². The van der Waals surface area contributed by atoms with Gasteiger partial charge in [0.05, 0.1) is 24.2 Å². The summed E-state index contributed by atoms with van der Waals surface area (Å²) in [5.74, 6) is 0.184. The largest absolute Gasteiger partial charge is 0.496 e. The van der Waals surface area contributed by atoms with Gasteiger partial charge in [-0.05, 0) is 37.5 Å². The van der Waals surface area contributed by atoms with Crippen molar-refractivity contribution in [2.45, 2.75) is 26.3 Å². The maximum atomic E-state index is 12.4. The maximum absolute atomic E-state index is 12.4. The zero-order chi connectivity index (χ0) is 15.8. The molecule has 1 saturated heterocycles. The Balaban J connectivity index is 2.29. The molecule has 1 N–H and O–H groups in total. The number of methoxy groups -OCH3 is 1. The van der Waals surface area contributed by atoms with Crippen molar-refractivity contribution >= 4 is 27.3 Å². The number of carbonyl (C=O) groups is 1. The highest BCUT2D eigenvalue weighted by Crippen LogP contribution is 2.31. The Bertz CT molecular complexity index is 685. The Labute approximate surface area is 129 Å². The summed E-state index contributed by atoms with van der Waals surface area (Å²) in [6.45, 7) is 3.58. The van der Waals surface area contributed by atoms with Crippen LogP contribution < -0.4 is 10.1 Å². The third-order valence-corrected chi connectivity index (χ3v) is 6.01. The molecule has 0 radical (unpaired) electrons. The van der Waals surface area contributed by atoms with E-state index in [0.29, 0.717) is 28.3 Å². The molecule has 1 aliphatic heterocycles. The molecule has 1 aliphatic rings. The summed E-state index contributed by atoms with van der Waals surface area (Å²) in [5.41, 5.74) is 1.82. The second-order valence-corrected chi connectivity index (χ2v) is 7.89. The first-order valence-electron chi connectivity index (χ1n) is 6.60. The Hall–Kier alpha value is -1.27. The van der Waals surface area contributed by atoms with Gasteiger partial charge < -0.3 is 10.1 Å². The number of nitrogens with one attached hydrogen (secondary N) is 1. The molecule has 0 bridgehead atoms. The van der Waals surface area contributed by atoms with Crippen molar-refractivity contribution in [3.63, 3.8) is 0 Å². The predicted molar refractivity (Wildman–Crippen MR) is 82.0 cm³/mol. The van der Waals surface area contributed by atoms with Crippen LogP contribution in [-0.4, -0.2) is 39.0 Å². The van der Waals surface area contributed by atoms with E-state index in [9.17, 15) is 13.2 Å². The summed E-state index contributed by atoms with van der Waals surface area (Å²) in [6.07, 6.45) is 0.440. The van der Waals surface area contributed by atoms with Crippen LogP contribution in [0, 0.1) is 13.8 Å². The first kappa shape index (κ1) is 16.1. The summed E-state index contributed by atoms with van der Waals surface area (Å²) >= 11 is 6.19. The number of rotatable bonds is 3. The van der Waals surface area contributed by atoms with Crippen molar-refractivity contribution in [3.05, 3.63) is 27.8 Å². The average molecular weight is 332 g/mol. The van der Waals surface area contributed by atoms with Crippen molar-refractivity contribution < 1.29 is 17.9 Å². The van der Waals surface area contributed by atoms with Gasteiger partial charge in [0, 0.05) is 11.1 Å². The predicted octanol–water partition coefficient (Wildman–Crippen LogP) is 1.88. The first-order valence-corrected chi connectivity index (χ1v) is 8.80. The molecule has 5 nitrogen and oxygen atoms in total. The van der Waals surface area contributed by atoms with E-state index in [4.69, 9.17) is 16.3 Å². The van der Waals surface area contributed by atoms with E-state index < -0.39 is 9.84 Å². The SMILES string of the molecule is COc1cc(C)c(Cl)c(C)c1C(=O)NC1CCS(=O)(=O)C1. The van der Waals surface area contributed by atoms with Gasteiger partial charge in [-0.1, -0.05) is 11.6 Å². The zero-order valence-electron chi connectivity index (χ0n) is 12.2. The molecular formula is C14H18ClNO4S. The number of hydrogen-bond donors (Lipinski definition) is 1. The number of carbonyl (C=O) groups excluding carboxylic acids is 1. The van der Waals surface area contributed by atoms with Crippen LogP contribution in [0.2, 0.25) is 5.02 Å². The number of ether oxygens (including phenoxy) is 1. The molecule has 1 aromatic rings. The van der Waals surface area contributed by atoms with E-state index in [0.717, 1.165) is 5.56 Å². The fourth-order valence-electron chi connectivity index (χ4n) is 2.53. The topological polar surface area (TPSA) is 72.5 Å². The van der Waals surface area contributed by atoms with Crippen molar-refractivity contribution in [3.8, 4) is 5.75 Å². The molecule has 0 saturated carbocycles. The summed E-state index contributed by atoms with van der Waals surface area (Å²) in [5, 5.41) is 3.27. The van der Waals surface area contributed by atoms with Gasteiger partial charge in [-0.2, -0.15) is 0 Å². The summed E-state index contributed by atoms with van der Waals surface area (Å²) < 4.78 is 28.2. The normalized spacial score (nSPS) is 20.3. The van der Waals surface area contributed by atoms with E-state index in [2.05, 4.69) is 5.32 Å². The average Bonchev–Trinajstić information content (AvgIpc) is 2.74. The van der Waals surface area contributed by atoms with Crippen LogP contribution in [0.4, 0.5) is 0 Å². The minimum atomic E-state index is -3.04. The van der Waals surface area contributed by atoms with E-state index in [1.165, 1.54) is 7.11 Å². The van der Waals surface area contributed by atoms with Gasteiger partial charge in [0.15, 0.2) is 9.84 Å². The molecule has 2 rings (SSSR count). The quantitative estimate of drug-likeness (QED) is 0.918. The van der Waals surface area contributed by atoms with Gasteiger partial charge >= 0.3 is 0 Å². The van der Waals surface area contributed by atoms with Gasteiger partial charge in [0.1, 0.15) is 5.75 Å². The van der Waals surface area contributed by atoms with Crippen LogP contribution in [0.1, 0.15) is 27.9 Å². The minimum Gasteiger partial charge on any atom is -0.496 e. The van der Waals surface area contributed by atoms with Gasteiger partial charge in [-0.25, -0.2) is 8.42 Å². The molecule has 0 aromatic heterocycles. The highest BCUT2D eigenvalue weighted by Gasteiger charge is 2.30. The highest BCUT2D eigenvalue weighted by molar-refractivity contribution is 7.91. The lowest BCUT2D eigenvalue weighted by Gasteiger charge is -2.17. The summed E-state index contributed by atoms with van der Waals surface area (Å²) in [6, 6.07) is 1.35. The van der Waals surface area contributed by atoms with E-state index >= 15 is 0 Å². The van der Waals surface area contributed by atoms with Crippen molar-refractivity contribution in [2.75, 3.05) is 18.6 Å². The van der Waals surface area contributed by atoms with Crippen LogP contribution in [0.15, 0.2) is 6.07 Å². The molecule has 1 heterocycles. The number of amides is 1. The summed E-state index contributed by atoms with van der Waals surface area (Å²) in [7, 11) is -1.55. The molecule has 21 heavy (non-hydrogen) atoms. The molecule has 1 amide bonds. The van der Waals surface area contributed by atoms with Gasteiger partial charge in [0.2, 0.25) is 0 Å². The Morgan fingerprint density at radius 1 is 1.43 bits per heavy atom. The van der Waals surface area contributed by atoms with Gasteiger partial charge in [0.25, 0.3) is 5.91 Å². The number of aryl methyl sites for hydroxylation is 1. The van der Waals surface area contributed by atoms with Crippen molar-refractivity contribution in [1.29, 1.82) is 0 Å². The van der Waals surface area contributed by atoms with Gasteiger partial charge in [-0.15, -0.1) is 0 Å². The van der Waals surface area contributed by atoms with E-state index in [-0.39, 0.29) is 23.5 Å². The third kappa shape index (κ3) is 3.32. The molecular weight excluding hydrogens is 314 g/mol. The fourth-order valence-corrected chi connectivity index (χ4v) is 4.35. The fraction of sp³-hybridized carbons (Fsp3) is 0.500. The minimum absolute atomic E-state index is 0.0142. The Kier molecular flexibility index (Phi) is 4.49. The molecule has 116 valence electrons. The Morgan fingerprint density at radius 2 is 2.10 bits per heavy atom. The number of sulfone groups is 1. The monoisotopic (exact) mass is 331 g/mol. The molecule has 7 heteroatoms. The van der Waals surface area contributed by atoms with E-state index in [1.807, 2.05) is 6.92 Å².